The summed E-state index contributed by atoms with van der Waals surface area (Å²) in [5.74, 6) is 0.479. The van der Waals surface area contributed by atoms with Crippen LogP contribution in [0.15, 0.2) is 22.3 Å². The summed E-state index contributed by atoms with van der Waals surface area (Å²) in [6, 6.07) is 3.96. The SMILES string of the molecule is Cc1cc(C)c(CNC(=O)c2sccc2C2CC2)c(=O)[nH]1. The minimum absolute atomic E-state index is 0.0775. The largest absolute Gasteiger partial charge is 0.347 e. The molecule has 110 valence electrons. The second-order valence-corrected chi connectivity index (χ2v) is 6.52. The first-order valence-corrected chi connectivity index (χ1v) is 7.99. The predicted octanol–water partition coefficient (Wildman–Crippen LogP) is 2.86. The topological polar surface area (TPSA) is 62.0 Å². The molecule has 2 aromatic heterocycles. The number of aromatic nitrogens is 1. The molecule has 21 heavy (non-hydrogen) atoms. The number of rotatable bonds is 4. The molecule has 1 amide bonds. The van der Waals surface area contributed by atoms with Gasteiger partial charge >= 0.3 is 0 Å². The summed E-state index contributed by atoms with van der Waals surface area (Å²) in [4.78, 5) is 27.8. The fourth-order valence-corrected chi connectivity index (χ4v) is 3.47. The minimum atomic E-state index is -0.124. The molecular weight excluding hydrogens is 284 g/mol. The van der Waals surface area contributed by atoms with Crippen molar-refractivity contribution in [3.63, 3.8) is 0 Å². The van der Waals surface area contributed by atoms with E-state index in [9.17, 15) is 9.59 Å². The van der Waals surface area contributed by atoms with Crippen molar-refractivity contribution in [1.29, 1.82) is 0 Å². The highest BCUT2D eigenvalue weighted by Crippen LogP contribution is 2.43. The van der Waals surface area contributed by atoms with Crippen molar-refractivity contribution < 1.29 is 4.79 Å². The number of hydrogen-bond acceptors (Lipinski definition) is 3. The highest BCUT2D eigenvalue weighted by atomic mass is 32.1. The molecule has 0 saturated heterocycles. The van der Waals surface area contributed by atoms with Gasteiger partial charge in [0.05, 0.1) is 4.88 Å². The van der Waals surface area contributed by atoms with Crippen molar-refractivity contribution in [2.45, 2.75) is 39.2 Å². The molecule has 1 aliphatic rings. The van der Waals surface area contributed by atoms with Crippen LogP contribution in [0.25, 0.3) is 0 Å². The molecule has 1 fully saturated rings. The van der Waals surface area contributed by atoms with Crippen LogP contribution in [0.3, 0.4) is 0 Å². The predicted molar refractivity (Wildman–Crippen MR) is 84.0 cm³/mol. The molecule has 2 N–H and O–H groups in total. The molecular formula is C16H18N2O2S. The van der Waals surface area contributed by atoms with Gasteiger partial charge in [0, 0.05) is 17.8 Å². The van der Waals surface area contributed by atoms with Crippen LogP contribution in [0.4, 0.5) is 0 Å². The van der Waals surface area contributed by atoms with Gasteiger partial charge in [-0.2, -0.15) is 0 Å². The van der Waals surface area contributed by atoms with Gasteiger partial charge in [0.2, 0.25) is 0 Å². The quantitative estimate of drug-likeness (QED) is 0.912. The van der Waals surface area contributed by atoms with Crippen LogP contribution in [0, 0.1) is 13.8 Å². The second kappa shape index (κ2) is 5.48. The van der Waals surface area contributed by atoms with Gasteiger partial charge in [0.1, 0.15) is 0 Å². The Labute approximate surface area is 127 Å². The van der Waals surface area contributed by atoms with Crippen molar-refractivity contribution >= 4 is 17.2 Å². The van der Waals surface area contributed by atoms with Gasteiger partial charge in [-0.1, -0.05) is 0 Å². The molecule has 0 atom stereocenters. The molecule has 2 aromatic rings. The van der Waals surface area contributed by atoms with Crippen LogP contribution < -0.4 is 10.9 Å². The zero-order chi connectivity index (χ0) is 15.0. The number of aryl methyl sites for hydroxylation is 2. The molecule has 5 heteroatoms. The van der Waals surface area contributed by atoms with Crippen molar-refractivity contribution in [3.8, 4) is 0 Å². The zero-order valence-corrected chi connectivity index (χ0v) is 13.0. The number of carbonyl (C=O) groups excluding carboxylic acids is 1. The Hall–Kier alpha value is -1.88. The molecule has 0 aliphatic heterocycles. The van der Waals surface area contributed by atoms with Crippen molar-refractivity contribution in [2.75, 3.05) is 0 Å². The second-order valence-electron chi connectivity index (χ2n) is 5.61. The first-order chi connectivity index (χ1) is 10.1. The number of pyridine rings is 1. The third kappa shape index (κ3) is 2.93. The molecule has 0 aromatic carbocycles. The Morgan fingerprint density at radius 2 is 2.19 bits per heavy atom. The van der Waals surface area contributed by atoms with Gasteiger partial charge in [-0.05, 0) is 61.2 Å². The van der Waals surface area contributed by atoms with Crippen LogP contribution in [0.5, 0.6) is 0 Å². The van der Waals surface area contributed by atoms with E-state index in [4.69, 9.17) is 0 Å². The molecule has 1 aliphatic carbocycles. The summed E-state index contributed by atoms with van der Waals surface area (Å²) >= 11 is 1.47. The van der Waals surface area contributed by atoms with Gasteiger partial charge < -0.3 is 10.3 Å². The first-order valence-electron chi connectivity index (χ1n) is 7.11. The van der Waals surface area contributed by atoms with E-state index in [1.807, 2.05) is 31.4 Å². The Morgan fingerprint density at radius 1 is 1.43 bits per heavy atom. The van der Waals surface area contributed by atoms with Gasteiger partial charge in [-0.25, -0.2) is 0 Å². The lowest BCUT2D eigenvalue weighted by Crippen LogP contribution is -2.27. The number of hydrogen-bond donors (Lipinski definition) is 2. The molecule has 4 nitrogen and oxygen atoms in total. The maximum atomic E-state index is 12.3. The number of amides is 1. The van der Waals surface area contributed by atoms with E-state index >= 15 is 0 Å². The van der Waals surface area contributed by atoms with Crippen molar-refractivity contribution in [2.24, 2.45) is 0 Å². The summed E-state index contributed by atoms with van der Waals surface area (Å²) in [7, 11) is 0. The lowest BCUT2D eigenvalue weighted by molar-refractivity contribution is 0.0954. The van der Waals surface area contributed by atoms with E-state index in [-0.39, 0.29) is 18.0 Å². The standard InChI is InChI=1S/C16H18N2O2S/c1-9-7-10(2)18-15(19)13(9)8-17-16(20)14-12(5-6-21-14)11-3-4-11/h5-7,11H,3-4,8H2,1-2H3,(H,17,20)(H,18,19). The van der Waals surface area contributed by atoms with Gasteiger partial charge in [-0.3, -0.25) is 9.59 Å². The van der Waals surface area contributed by atoms with Crippen molar-refractivity contribution in [3.05, 3.63) is 55.1 Å². The van der Waals surface area contributed by atoms with Gasteiger partial charge in [0.15, 0.2) is 0 Å². The lowest BCUT2D eigenvalue weighted by atomic mass is 10.1. The first kappa shape index (κ1) is 14.1. The molecule has 0 unspecified atom stereocenters. The molecule has 0 bridgehead atoms. The lowest BCUT2D eigenvalue weighted by Gasteiger charge is -2.08. The maximum absolute atomic E-state index is 12.3. The van der Waals surface area contributed by atoms with Crippen LogP contribution >= 0.6 is 11.3 Å². The Bertz CT molecular complexity index is 741. The molecule has 2 heterocycles. The summed E-state index contributed by atoms with van der Waals surface area (Å²) in [6.45, 7) is 4.01. The molecule has 1 saturated carbocycles. The Morgan fingerprint density at radius 3 is 2.86 bits per heavy atom. The van der Waals surface area contributed by atoms with E-state index in [1.165, 1.54) is 24.2 Å². The zero-order valence-electron chi connectivity index (χ0n) is 12.2. The van der Waals surface area contributed by atoms with Crippen LogP contribution in [0.2, 0.25) is 0 Å². The fraction of sp³-hybridized carbons (Fsp3) is 0.375. The third-order valence-corrected chi connectivity index (χ3v) is 4.77. The van der Waals surface area contributed by atoms with Gasteiger partial charge in [0.25, 0.3) is 11.5 Å². The Balaban J connectivity index is 1.74. The highest BCUT2D eigenvalue weighted by molar-refractivity contribution is 7.12. The van der Waals surface area contributed by atoms with Crippen LogP contribution in [-0.4, -0.2) is 10.9 Å². The average Bonchev–Trinajstić information content (AvgIpc) is 3.14. The number of nitrogens with one attached hydrogen (secondary N) is 2. The molecule has 0 spiro atoms. The average molecular weight is 302 g/mol. The van der Waals surface area contributed by atoms with E-state index in [0.717, 1.165) is 21.7 Å². The highest BCUT2D eigenvalue weighted by Gasteiger charge is 2.28. The summed E-state index contributed by atoms with van der Waals surface area (Å²) in [5, 5.41) is 4.84. The summed E-state index contributed by atoms with van der Waals surface area (Å²) in [6.07, 6.45) is 2.35. The van der Waals surface area contributed by atoms with E-state index in [1.54, 1.807) is 0 Å². The summed E-state index contributed by atoms with van der Waals surface area (Å²) < 4.78 is 0. The van der Waals surface area contributed by atoms with E-state index in [0.29, 0.717) is 11.5 Å². The minimum Gasteiger partial charge on any atom is -0.347 e. The number of H-pyrrole nitrogens is 1. The monoisotopic (exact) mass is 302 g/mol. The normalized spacial score (nSPS) is 14.2. The van der Waals surface area contributed by atoms with Crippen molar-refractivity contribution in [1.82, 2.24) is 10.3 Å². The van der Waals surface area contributed by atoms with Crippen LogP contribution in [0.1, 0.15) is 50.8 Å². The van der Waals surface area contributed by atoms with E-state index < -0.39 is 0 Å². The Kier molecular flexibility index (Phi) is 3.68. The van der Waals surface area contributed by atoms with Gasteiger partial charge in [-0.15, -0.1) is 11.3 Å². The third-order valence-electron chi connectivity index (χ3n) is 3.84. The molecule has 3 rings (SSSR count). The molecule has 0 radical (unpaired) electrons. The van der Waals surface area contributed by atoms with E-state index in [2.05, 4.69) is 10.3 Å². The number of carbonyl (C=O) groups is 1. The van der Waals surface area contributed by atoms with Crippen LogP contribution in [-0.2, 0) is 6.54 Å². The summed E-state index contributed by atoms with van der Waals surface area (Å²) in [5.41, 5.74) is 3.40. The smallest absolute Gasteiger partial charge is 0.261 e. The fourth-order valence-electron chi connectivity index (χ4n) is 2.57. The maximum Gasteiger partial charge on any atom is 0.261 e. The number of aromatic amines is 1. The number of thiophene rings is 1.